The highest BCUT2D eigenvalue weighted by Gasteiger charge is 2.47. The van der Waals surface area contributed by atoms with Crippen molar-refractivity contribution in [1.82, 2.24) is 10.7 Å². The van der Waals surface area contributed by atoms with Crippen LogP contribution in [0.4, 0.5) is 0 Å². The molecule has 32 heavy (non-hydrogen) atoms. The van der Waals surface area contributed by atoms with Crippen molar-refractivity contribution in [1.29, 1.82) is 0 Å². The summed E-state index contributed by atoms with van der Waals surface area (Å²) in [6, 6.07) is 21.3. The van der Waals surface area contributed by atoms with Gasteiger partial charge in [0.1, 0.15) is 5.75 Å². The highest BCUT2D eigenvalue weighted by Crippen LogP contribution is 2.27. The summed E-state index contributed by atoms with van der Waals surface area (Å²) in [5, 5.41) is 2.92. The lowest BCUT2D eigenvalue weighted by Gasteiger charge is -2.15. The number of hydrogen-bond donors (Lipinski definition) is 2. The van der Waals surface area contributed by atoms with Crippen molar-refractivity contribution in [2.75, 3.05) is 7.11 Å². The van der Waals surface area contributed by atoms with Gasteiger partial charge >= 0.3 is 5.91 Å². The fourth-order valence-corrected chi connectivity index (χ4v) is 3.88. The lowest BCUT2D eigenvalue weighted by molar-refractivity contribution is -0.596. The molecule has 1 fully saturated rings. The molecule has 1 heterocycles. The maximum Gasteiger partial charge on any atom is 0.304 e. The second-order valence-corrected chi connectivity index (χ2v) is 8.51. The minimum atomic E-state index is -0.774. The normalized spacial score (nSPS) is 19.0. The van der Waals surface area contributed by atoms with Gasteiger partial charge in [-0.1, -0.05) is 33.6 Å². The zero-order chi connectivity index (χ0) is 22.7. The molecule has 1 aliphatic heterocycles. The standard InChI is InChI=1S/C25H22BrN3O3/c1-16-3-7-19(8-4-16)24(30)27-22-23(18-9-13-21(32-2)14-10-18)29(28-25(22)31)15-17-5-11-20(26)12-6-17/h3-15,22-23H,1-2H3,(H-,27,28,30,31)/p+1/b29-15-/t22-,23+/m1/s1. The van der Waals surface area contributed by atoms with E-state index in [0.29, 0.717) is 5.56 Å². The SMILES string of the molecule is COc1ccc([C@H]2[C@@H](NC(=O)c3ccc(C)cc3)C(=O)N/[N+]2=C\c2ccc(Br)cc2)cc1. The average molecular weight is 493 g/mol. The van der Waals surface area contributed by atoms with Crippen LogP contribution in [0.2, 0.25) is 0 Å². The van der Waals surface area contributed by atoms with Gasteiger partial charge < -0.3 is 10.1 Å². The van der Waals surface area contributed by atoms with Crippen molar-refractivity contribution < 1.29 is 19.0 Å². The number of amides is 2. The summed E-state index contributed by atoms with van der Waals surface area (Å²) in [4.78, 5) is 25.8. The second kappa shape index (κ2) is 9.36. The van der Waals surface area contributed by atoms with Crippen LogP contribution in [0, 0.1) is 6.92 Å². The fourth-order valence-electron chi connectivity index (χ4n) is 3.62. The van der Waals surface area contributed by atoms with Crippen LogP contribution < -0.4 is 15.5 Å². The minimum Gasteiger partial charge on any atom is -0.497 e. The number of carbonyl (C=O) groups excluding carboxylic acids is 2. The van der Waals surface area contributed by atoms with E-state index in [9.17, 15) is 9.59 Å². The minimum absolute atomic E-state index is 0.278. The first-order valence-corrected chi connectivity index (χ1v) is 10.9. The van der Waals surface area contributed by atoms with Crippen molar-refractivity contribution >= 4 is 34.0 Å². The van der Waals surface area contributed by atoms with Crippen LogP contribution in [-0.4, -0.2) is 35.9 Å². The Balaban J connectivity index is 1.69. The largest absolute Gasteiger partial charge is 0.497 e. The van der Waals surface area contributed by atoms with Crippen molar-refractivity contribution in [2.24, 2.45) is 0 Å². The molecule has 0 saturated carbocycles. The smallest absolute Gasteiger partial charge is 0.304 e. The summed E-state index contributed by atoms with van der Waals surface area (Å²) in [5.74, 6) is 0.142. The number of aryl methyl sites for hydroxylation is 1. The Hall–Kier alpha value is -3.45. The number of nitrogens with zero attached hydrogens (tertiary/aromatic N) is 1. The Labute approximate surface area is 195 Å². The molecule has 2 atom stereocenters. The molecule has 2 N–H and O–H groups in total. The first-order chi connectivity index (χ1) is 15.4. The molecule has 0 radical (unpaired) electrons. The zero-order valence-corrected chi connectivity index (χ0v) is 19.3. The third-order valence-electron chi connectivity index (χ3n) is 5.35. The van der Waals surface area contributed by atoms with Crippen LogP contribution in [0.3, 0.4) is 0 Å². The summed E-state index contributed by atoms with van der Waals surface area (Å²) >= 11 is 3.44. The van der Waals surface area contributed by atoms with Crippen LogP contribution in [0.15, 0.2) is 77.3 Å². The van der Waals surface area contributed by atoms with Crippen molar-refractivity contribution in [2.45, 2.75) is 19.0 Å². The van der Waals surface area contributed by atoms with Gasteiger partial charge in [-0.15, -0.1) is 10.1 Å². The number of rotatable bonds is 5. The van der Waals surface area contributed by atoms with Crippen molar-refractivity contribution in [3.8, 4) is 5.75 Å². The van der Waals surface area contributed by atoms with Crippen LogP contribution in [-0.2, 0) is 4.79 Å². The number of halogens is 1. The molecule has 4 rings (SSSR count). The second-order valence-electron chi connectivity index (χ2n) is 7.60. The van der Waals surface area contributed by atoms with E-state index >= 15 is 0 Å². The van der Waals surface area contributed by atoms with Crippen LogP contribution in [0.1, 0.15) is 33.1 Å². The Morgan fingerprint density at radius 2 is 1.69 bits per heavy atom. The Bertz CT molecular complexity index is 1160. The lowest BCUT2D eigenvalue weighted by Crippen LogP contribution is -2.42. The van der Waals surface area contributed by atoms with E-state index in [2.05, 4.69) is 26.7 Å². The molecule has 3 aromatic carbocycles. The van der Waals surface area contributed by atoms with Gasteiger partial charge in [0.05, 0.1) is 7.11 Å². The van der Waals surface area contributed by atoms with Crippen molar-refractivity contribution in [3.05, 3.63) is 99.5 Å². The molecule has 0 bridgehead atoms. The summed E-state index contributed by atoms with van der Waals surface area (Å²) in [5.41, 5.74) is 6.24. The molecule has 6 nitrogen and oxygen atoms in total. The molecule has 1 saturated heterocycles. The molecule has 2 amide bonds. The first kappa shape index (κ1) is 21.8. The van der Waals surface area contributed by atoms with E-state index in [1.165, 1.54) is 0 Å². The van der Waals surface area contributed by atoms with Gasteiger partial charge in [-0.05, 0) is 67.6 Å². The van der Waals surface area contributed by atoms with Crippen LogP contribution in [0.25, 0.3) is 0 Å². The molecule has 0 aromatic heterocycles. The quantitative estimate of drug-likeness (QED) is 0.532. The molecule has 0 aliphatic carbocycles. The van der Waals surface area contributed by atoms with E-state index in [-0.39, 0.29) is 11.8 Å². The number of hydrazone groups is 1. The average Bonchev–Trinajstić information content (AvgIpc) is 3.10. The number of benzene rings is 3. The van der Waals surface area contributed by atoms with Gasteiger partial charge in [-0.2, -0.15) is 0 Å². The third-order valence-corrected chi connectivity index (χ3v) is 5.88. The summed E-state index contributed by atoms with van der Waals surface area (Å²) in [6.07, 6.45) is 1.86. The molecule has 162 valence electrons. The number of hydrogen-bond acceptors (Lipinski definition) is 3. The van der Waals surface area contributed by atoms with E-state index < -0.39 is 12.1 Å². The molecule has 3 aromatic rings. The summed E-state index contributed by atoms with van der Waals surface area (Å²) < 4.78 is 7.98. The van der Waals surface area contributed by atoms with Gasteiger partial charge in [0.25, 0.3) is 5.91 Å². The molecule has 7 heteroatoms. The Morgan fingerprint density at radius 3 is 2.31 bits per heavy atom. The predicted octanol–water partition coefficient (Wildman–Crippen LogP) is 3.78. The maximum absolute atomic E-state index is 12.9. The molecule has 1 aliphatic rings. The molecule has 0 unspecified atom stereocenters. The van der Waals surface area contributed by atoms with Crippen LogP contribution >= 0.6 is 15.9 Å². The highest BCUT2D eigenvalue weighted by molar-refractivity contribution is 9.10. The monoisotopic (exact) mass is 492 g/mol. The van der Waals surface area contributed by atoms with E-state index in [1.54, 1.807) is 23.9 Å². The number of nitrogens with one attached hydrogen (secondary N) is 2. The van der Waals surface area contributed by atoms with Crippen LogP contribution in [0.5, 0.6) is 5.75 Å². The summed E-state index contributed by atoms with van der Waals surface area (Å²) in [6.45, 7) is 1.96. The number of ether oxygens (including phenoxy) is 1. The number of hydrazine groups is 1. The molecular weight excluding hydrogens is 470 g/mol. The van der Waals surface area contributed by atoms with Gasteiger partial charge in [-0.25, -0.2) is 0 Å². The fraction of sp³-hybridized carbons (Fsp3) is 0.160. The topological polar surface area (TPSA) is 70.4 Å². The van der Waals surface area contributed by atoms with E-state index in [4.69, 9.17) is 4.74 Å². The summed E-state index contributed by atoms with van der Waals surface area (Å²) in [7, 11) is 1.61. The lowest BCUT2D eigenvalue weighted by atomic mass is 9.99. The van der Waals surface area contributed by atoms with Gasteiger partial charge in [0.2, 0.25) is 12.3 Å². The van der Waals surface area contributed by atoms with Gasteiger partial charge in [-0.3, -0.25) is 9.59 Å². The first-order valence-electron chi connectivity index (χ1n) is 10.2. The Morgan fingerprint density at radius 1 is 1.03 bits per heavy atom. The van der Waals surface area contributed by atoms with Gasteiger partial charge in [0, 0.05) is 21.2 Å². The maximum atomic E-state index is 12.9. The molecule has 0 spiro atoms. The van der Waals surface area contributed by atoms with Gasteiger partial charge in [0.15, 0.2) is 6.04 Å². The Kier molecular flexibility index (Phi) is 6.37. The number of methoxy groups -OCH3 is 1. The predicted molar refractivity (Wildman–Crippen MR) is 126 cm³/mol. The van der Waals surface area contributed by atoms with E-state index in [0.717, 1.165) is 26.9 Å². The van der Waals surface area contributed by atoms with Crippen molar-refractivity contribution in [3.63, 3.8) is 0 Å². The number of carbonyl (C=O) groups is 2. The third kappa shape index (κ3) is 4.73. The molecular formula is C25H23BrN3O3+. The zero-order valence-electron chi connectivity index (χ0n) is 17.7. The highest BCUT2D eigenvalue weighted by atomic mass is 79.9. The van der Waals surface area contributed by atoms with E-state index in [1.807, 2.05) is 73.8 Å².